The molecule has 0 saturated heterocycles. The van der Waals surface area contributed by atoms with Gasteiger partial charge >= 0.3 is 7.82 Å². The maximum atomic E-state index is 12.5. The Morgan fingerprint density at radius 2 is 1.41 bits per heavy atom. The van der Waals surface area contributed by atoms with Crippen LogP contribution in [0.4, 0.5) is 0 Å². The van der Waals surface area contributed by atoms with Gasteiger partial charge in [0.05, 0.1) is 12.6 Å². The van der Waals surface area contributed by atoms with Gasteiger partial charge in [-0.25, -0.2) is 4.57 Å². The van der Waals surface area contributed by atoms with Crippen molar-refractivity contribution in [3.8, 4) is 0 Å². The van der Waals surface area contributed by atoms with Crippen LogP contribution in [0.3, 0.4) is 0 Å². The minimum Gasteiger partial charge on any atom is -0.384 e. The molecule has 1 rings (SSSR count). The molecular formula is C25H50NO7P. The smallest absolute Gasteiger partial charge is 0.384 e. The fourth-order valence-electron chi connectivity index (χ4n) is 4.83. The number of unbranched alkanes of at least 4 members (excludes halogenated alkanes) is 12. The maximum absolute atomic E-state index is 12.5. The van der Waals surface area contributed by atoms with Gasteiger partial charge in [-0.2, -0.15) is 0 Å². The average molecular weight is 508 g/mol. The molecule has 0 heterocycles. The lowest BCUT2D eigenvalue weighted by atomic mass is 10.0. The van der Waals surface area contributed by atoms with E-state index in [4.69, 9.17) is 14.0 Å². The minimum absolute atomic E-state index is 0.0223. The summed E-state index contributed by atoms with van der Waals surface area (Å²) in [6.45, 7) is 2.59. The summed E-state index contributed by atoms with van der Waals surface area (Å²) in [6.07, 6.45) is 16.3. The summed E-state index contributed by atoms with van der Waals surface area (Å²) in [7, 11) is 0.0102. The number of rotatable bonds is 21. The number of nitrogens with one attached hydrogen (secondary N) is 1. The van der Waals surface area contributed by atoms with Gasteiger partial charge in [0, 0.05) is 33.7 Å². The van der Waals surface area contributed by atoms with Crippen molar-refractivity contribution in [3.63, 3.8) is 0 Å². The Kier molecular flexibility index (Phi) is 17.4. The molecule has 8 nitrogen and oxygen atoms in total. The van der Waals surface area contributed by atoms with E-state index in [0.29, 0.717) is 19.4 Å². The molecule has 0 aromatic carbocycles. The lowest BCUT2D eigenvalue weighted by Crippen LogP contribution is -2.44. The van der Waals surface area contributed by atoms with E-state index in [1.165, 1.54) is 77.7 Å². The monoisotopic (exact) mass is 507 g/mol. The van der Waals surface area contributed by atoms with Crippen molar-refractivity contribution in [1.82, 2.24) is 5.32 Å². The fourth-order valence-corrected chi connectivity index (χ4v) is 5.52. The van der Waals surface area contributed by atoms with E-state index in [0.717, 1.165) is 20.0 Å². The first-order valence-electron chi connectivity index (χ1n) is 13.3. The van der Waals surface area contributed by atoms with Crippen LogP contribution in [0.5, 0.6) is 0 Å². The summed E-state index contributed by atoms with van der Waals surface area (Å²) in [4.78, 5) is 22.3. The van der Waals surface area contributed by atoms with Crippen LogP contribution >= 0.6 is 7.82 Å². The largest absolute Gasteiger partial charge is 0.472 e. The van der Waals surface area contributed by atoms with Crippen molar-refractivity contribution >= 4 is 13.7 Å². The second-order valence-corrected chi connectivity index (χ2v) is 11.1. The van der Waals surface area contributed by atoms with E-state index in [9.17, 15) is 14.3 Å². The molecule has 0 aromatic heterocycles. The molecule has 202 valence electrons. The number of carbonyl (C=O) groups is 1. The SMILES string of the molecule is CCCCCCCCCCCCCCCC(=O)N[C@@H]1C[C@H](COC)[C@H](OP(=O)(O)OC)C1OC. The van der Waals surface area contributed by atoms with Crippen molar-refractivity contribution < 1.29 is 32.8 Å². The molecule has 1 amide bonds. The maximum Gasteiger partial charge on any atom is 0.472 e. The van der Waals surface area contributed by atoms with Gasteiger partial charge in [-0.15, -0.1) is 0 Å². The number of ether oxygens (including phenoxy) is 2. The molecule has 0 spiro atoms. The summed E-state index contributed by atoms with van der Waals surface area (Å²) in [5.74, 6) is -0.210. The van der Waals surface area contributed by atoms with Crippen LogP contribution in [-0.4, -0.2) is 57.0 Å². The Morgan fingerprint density at radius 3 is 1.88 bits per heavy atom. The van der Waals surface area contributed by atoms with Crippen molar-refractivity contribution in [2.45, 2.75) is 121 Å². The highest BCUT2D eigenvalue weighted by atomic mass is 31.2. The number of carbonyl (C=O) groups excluding carboxylic acids is 1. The topological polar surface area (TPSA) is 103 Å². The standard InChI is InChI=1S/C25H50NO7P/c1-5-6-7-8-9-10-11-12-13-14-15-16-17-18-23(27)26-22-19-21(20-30-2)24(25(22)31-3)33-34(28,29)32-4/h21-22,24-25H,5-20H2,1-4H3,(H,26,27)(H,28,29)/t21-,22-,24+,25?/m1/s1. The van der Waals surface area contributed by atoms with Crippen LogP contribution in [0, 0.1) is 5.92 Å². The number of amides is 1. The molecule has 1 saturated carbocycles. The van der Waals surface area contributed by atoms with Crippen LogP contribution in [0.15, 0.2) is 0 Å². The summed E-state index contributed by atoms with van der Waals surface area (Å²) in [5, 5.41) is 3.03. The molecule has 5 atom stereocenters. The molecule has 9 heteroatoms. The van der Waals surface area contributed by atoms with E-state index in [-0.39, 0.29) is 17.9 Å². The third-order valence-corrected chi connectivity index (χ3v) is 7.71. The van der Waals surface area contributed by atoms with Gasteiger partial charge in [-0.1, -0.05) is 84.0 Å². The molecule has 1 aliphatic rings. The van der Waals surface area contributed by atoms with E-state index in [2.05, 4.69) is 16.8 Å². The number of phosphoric acid groups is 1. The predicted octanol–water partition coefficient (Wildman–Crippen LogP) is 5.77. The molecule has 1 aliphatic carbocycles. The van der Waals surface area contributed by atoms with Gasteiger partial charge in [0.15, 0.2) is 0 Å². The molecule has 2 N–H and O–H groups in total. The van der Waals surface area contributed by atoms with Crippen LogP contribution in [0.2, 0.25) is 0 Å². The van der Waals surface area contributed by atoms with Gasteiger partial charge in [0.25, 0.3) is 0 Å². The molecule has 0 radical (unpaired) electrons. The zero-order valence-electron chi connectivity index (χ0n) is 22.0. The van der Waals surface area contributed by atoms with Crippen molar-refractivity contribution in [2.75, 3.05) is 27.9 Å². The number of hydrogen-bond acceptors (Lipinski definition) is 6. The molecule has 0 bridgehead atoms. The zero-order chi connectivity index (χ0) is 25.2. The third-order valence-electron chi connectivity index (χ3n) is 6.73. The van der Waals surface area contributed by atoms with E-state index >= 15 is 0 Å². The molecule has 0 aromatic rings. The lowest BCUT2D eigenvalue weighted by molar-refractivity contribution is -0.123. The van der Waals surface area contributed by atoms with E-state index in [1.54, 1.807) is 7.11 Å². The average Bonchev–Trinajstić information content (AvgIpc) is 3.11. The Bertz CT molecular complexity index is 577. The molecule has 34 heavy (non-hydrogen) atoms. The first-order valence-corrected chi connectivity index (χ1v) is 14.8. The third kappa shape index (κ3) is 13.0. The lowest BCUT2D eigenvalue weighted by Gasteiger charge is -2.27. The van der Waals surface area contributed by atoms with E-state index in [1.807, 2.05) is 0 Å². The van der Waals surface area contributed by atoms with Crippen molar-refractivity contribution in [3.05, 3.63) is 0 Å². The van der Waals surface area contributed by atoms with Crippen LogP contribution < -0.4 is 5.32 Å². The second kappa shape index (κ2) is 18.7. The fraction of sp³-hybridized carbons (Fsp3) is 0.960. The van der Waals surface area contributed by atoms with Crippen LogP contribution in [0.1, 0.15) is 103 Å². The first-order chi connectivity index (χ1) is 16.4. The van der Waals surface area contributed by atoms with Gasteiger partial charge in [-0.05, 0) is 12.8 Å². The normalized spacial score (nSPS) is 24.3. The summed E-state index contributed by atoms with van der Waals surface area (Å²) in [6, 6.07) is -0.304. The second-order valence-electron chi connectivity index (χ2n) is 9.54. The van der Waals surface area contributed by atoms with Crippen LogP contribution in [0.25, 0.3) is 0 Å². The highest BCUT2D eigenvalue weighted by molar-refractivity contribution is 7.47. The Hall–Kier alpha value is -0.500. The Labute approximate surface area is 207 Å². The zero-order valence-corrected chi connectivity index (χ0v) is 22.9. The quantitative estimate of drug-likeness (QED) is 0.150. The van der Waals surface area contributed by atoms with Gasteiger partial charge in [0.1, 0.15) is 12.2 Å². The predicted molar refractivity (Wildman–Crippen MR) is 135 cm³/mol. The molecular weight excluding hydrogens is 457 g/mol. The van der Waals surface area contributed by atoms with Gasteiger partial charge in [0.2, 0.25) is 5.91 Å². The first kappa shape index (κ1) is 31.5. The van der Waals surface area contributed by atoms with Gasteiger partial charge in [-0.3, -0.25) is 13.8 Å². The summed E-state index contributed by atoms with van der Waals surface area (Å²) < 4.78 is 32.7. The number of methoxy groups -OCH3 is 2. The molecule has 1 fully saturated rings. The Morgan fingerprint density at radius 1 is 0.882 bits per heavy atom. The number of hydrogen-bond donors (Lipinski definition) is 2. The summed E-state index contributed by atoms with van der Waals surface area (Å²) in [5.41, 5.74) is 0. The van der Waals surface area contributed by atoms with E-state index < -0.39 is 20.0 Å². The highest BCUT2D eigenvalue weighted by Gasteiger charge is 2.48. The number of phosphoric ester groups is 1. The summed E-state index contributed by atoms with van der Waals surface area (Å²) >= 11 is 0. The van der Waals surface area contributed by atoms with Gasteiger partial charge < -0.3 is 19.7 Å². The Balaban J connectivity index is 2.23. The van der Waals surface area contributed by atoms with Crippen molar-refractivity contribution in [1.29, 1.82) is 0 Å². The van der Waals surface area contributed by atoms with Crippen molar-refractivity contribution in [2.24, 2.45) is 5.92 Å². The molecule has 0 aliphatic heterocycles. The van der Waals surface area contributed by atoms with Crippen LogP contribution in [-0.2, 0) is 27.9 Å². The molecule has 2 unspecified atom stereocenters. The highest BCUT2D eigenvalue weighted by Crippen LogP contribution is 2.48. The minimum atomic E-state index is -4.19.